The number of aliphatic carboxylic acids is 1. The fraction of sp³-hybridized carbons (Fsp3) is 0.455. The molecule has 0 fully saturated rings. The summed E-state index contributed by atoms with van der Waals surface area (Å²) in [5.74, 6) is -3.21. The first-order chi connectivity index (χ1) is 15.5. The lowest BCUT2D eigenvalue weighted by Gasteiger charge is -2.24. The van der Waals surface area contributed by atoms with E-state index in [9.17, 15) is 19.2 Å². The van der Waals surface area contributed by atoms with E-state index in [0.717, 1.165) is 16.5 Å². The van der Waals surface area contributed by atoms with Gasteiger partial charge in [0.2, 0.25) is 17.7 Å². The maximum atomic E-state index is 13.1. The Morgan fingerprint density at radius 1 is 1.00 bits per heavy atom. The number of rotatable bonds is 11. The van der Waals surface area contributed by atoms with E-state index in [-0.39, 0.29) is 18.1 Å². The zero-order valence-electron chi connectivity index (χ0n) is 18.8. The van der Waals surface area contributed by atoms with E-state index in [1.807, 2.05) is 24.3 Å². The van der Waals surface area contributed by atoms with Gasteiger partial charge in [-0.25, -0.2) is 0 Å². The van der Waals surface area contributed by atoms with E-state index in [4.69, 9.17) is 10.8 Å². The molecule has 3 amide bonds. The average molecular weight is 478 g/mol. The molecule has 4 atom stereocenters. The smallest absolute Gasteiger partial charge is 0.325 e. The van der Waals surface area contributed by atoms with Crippen LogP contribution in [0.25, 0.3) is 10.9 Å². The van der Waals surface area contributed by atoms with Gasteiger partial charge in [-0.2, -0.15) is 12.6 Å². The Kier molecular flexibility index (Phi) is 9.30. The minimum atomic E-state index is -1.21. The van der Waals surface area contributed by atoms with Crippen molar-refractivity contribution in [2.45, 2.75) is 51.4 Å². The second kappa shape index (κ2) is 11.7. The number of aromatic amines is 1. The van der Waals surface area contributed by atoms with Gasteiger partial charge in [-0.3, -0.25) is 19.2 Å². The average Bonchev–Trinajstić information content (AvgIpc) is 3.18. The number of fused-ring (bicyclic) bond motifs is 1. The van der Waals surface area contributed by atoms with Crippen molar-refractivity contribution in [1.29, 1.82) is 0 Å². The number of carboxylic acid groups (broad SMARTS) is 1. The summed E-state index contributed by atoms with van der Waals surface area (Å²) in [4.78, 5) is 52.3. The highest BCUT2D eigenvalue weighted by Gasteiger charge is 2.30. The molecule has 1 heterocycles. The number of amides is 3. The fourth-order valence-corrected chi connectivity index (χ4v) is 3.40. The summed E-state index contributed by atoms with van der Waals surface area (Å²) in [5.41, 5.74) is 7.63. The molecule has 0 aliphatic heterocycles. The predicted octanol–water partition coefficient (Wildman–Crippen LogP) is 0.182. The highest BCUT2D eigenvalue weighted by atomic mass is 32.1. The standard InChI is InChI=1S/C22H31N5O5S/c1-11(2)18(23)21(30)26-16(8-13-9-24-15-7-5-4-6-14(13)15)19(28)27-17(10-33)20(29)25-12(3)22(31)32/h4-7,9,11-12,16-18,24,33H,8,10,23H2,1-3H3,(H,25,29)(H,26,30)(H,27,28)(H,31,32). The number of carboxylic acids is 1. The molecule has 0 radical (unpaired) electrons. The molecule has 10 nitrogen and oxygen atoms in total. The SMILES string of the molecule is CC(NC(=O)C(CS)NC(=O)C(Cc1c[nH]c2ccccc12)NC(=O)C(N)C(C)C)C(=O)O. The number of hydrogen-bond donors (Lipinski definition) is 7. The van der Waals surface area contributed by atoms with Gasteiger partial charge < -0.3 is 31.8 Å². The van der Waals surface area contributed by atoms with Crippen LogP contribution in [0.4, 0.5) is 0 Å². The summed E-state index contributed by atoms with van der Waals surface area (Å²) in [6.45, 7) is 4.90. The highest BCUT2D eigenvalue weighted by molar-refractivity contribution is 7.80. The van der Waals surface area contributed by atoms with Gasteiger partial charge in [0.15, 0.2) is 0 Å². The van der Waals surface area contributed by atoms with Crippen molar-refractivity contribution in [3.63, 3.8) is 0 Å². The van der Waals surface area contributed by atoms with Gasteiger partial charge in [-0.1, -0.05) is 32.0 Å². The third-order valence-electron chi connectivity index (χ3n) is 5.30. The van der Waals surface area contributed by atoms with Crippen LogP contribution in [0, 0.1) is 5.92 Å². The molecule has 0 aliphatic carbocycles. The van der Waals surface area contributed by atoms with Gasteiger partial charge >= 0.3 is 5.97 Å². The van der Waals surface area contributed by atoms with E-state index in [1.165, 1.54) is 6.92 Å². The molecule has 1 aromatic carbocycles. The lowest BCUT2D eigenvalue weighted by atomic mass is 10.0. The maximum absolute atomic E-state index is 13.1. The summed E-state index contributed by atoms with van der Waals surface area (Å²) < 4.78 is 0. The van der Waals surface area contributed by atoms with Gasteiger partial charge in [-0.05, 0) is 24.5 Å². The molecule has 0 saturated carbocycles. The summed E-state index contributed by atoms with van der Waals surface area (Å²) >= 11 is 4.10. The quantitative estimate of drug-likeness (QED) is 0.228. The van der Waals surface area contributed by atoms with Gasteiger partial charge in [0.1, 0.15) is 18.1 Å². The van der Waals surface area contributed by atoms with Crippen LogP contribution >= 0.6 is 12.6 Å². The Morgan fingerprint density at radius 3 is 2.21 bits per heavy atom. The number of carbonyl (C=O) groups is 4. The first kappa shape index (κ1) is 26.2. The number of nitrogens with one attached hydrogen (secondary N) is 4. The molecule has 0 spiro atoms. The third kappa shape index (κ3) is 6.96. The normalized spacial score (nSPS) is 14.8. The zero-order valence-corrected chi connectivity index (χ0v) is 19.7. The van der Waals surface area contributed by atoms with E-state index >= 15 is 0 Å². The lowest BCUT2D eigenvalue weighted by Crippen LogP contribution is -2.58. The van der Waals surface area contributed by atoms with E-state index in [1.54, 1.807) is 20.0 Å². The van der Waals surface area contributed by atoms with Crippen molar-refractivity contribution >= 4 is 47.2 Å². The zero-order chi connectivity index (χ0) is 24.7. The largest absolute Gasteiger partial charge is 0.480 e. The molecule has 7 N–H and O–H groups in total. The maximum Gasteiger partial charge on any atom is 0.325 e. The Balaban J connectivity index is 2.23. The minimum Gasteiger partial charge on any atom is -0.480 e. The van der Waals surface area contributed by atoms with E-state index in [0.29, 0.717) is 0 Å². The second-order valence-corrected chi connectivity index (χ2v) is 8.57. The Labute approximate surface area is 197 Å². The lowest BCUT2D eigenvalue weighted by molar-refractivity contribution is -0.141. The number of thiol groups is 1. The highest BCUT2D eigenvalue weighted by Crippen LogP contribution is 2.19. The third-order valence-corrected chi connectivity index (χ3v) is 5.66. The van der Waals surface area contributed by atoms with Crippen molar-refractivity contribution in [1.82, 2.24) is 20.9 Å². The van der Waals surface area contributed by atoms with Crippen molar-refractivity contribution in [3.8, 4) is 0 Å². The van der Waals surface area contributed by atoms with Crippen LogP contribution in [0.15, 0.2) is 30.5 Å². The summed E-state index contributed by atoms with van der Waals surface area (Å²) in [7, 11) is 0. The first-order valence-electron chi connectivity index (χ1n) is 10.6. The van der Waals surface area contributed by atoms with Gasteiger partial charge in [-0.15, -0.1) is 0 Å². The molecular weight excluding hydrogens is 446 g/mol. The van der Waals surface area contributed by atoms with Crippen molar-refractivity contribution in [2.24, 2.45) is 11.7 Å². The second-order valence-electron chi connectivity index (χ2n) is 8.21. The number of carbonyl (C=O) groups excluding carboxylic acids is 3. The molecule has 11 heteroatoms. The van der Waals surface area contributed by atoms with Crippen molar-refractivity contribution in [2.75, 3.05) is 5.75 Å². The number of nitrogens with two attached hydrogens (primary N) is 1. The number of benzene rings is 1. The number of hydrogen-bond acceptors (Lipinski definition) is 6. The number of para-hydroxylation sites is 1. The molecule has 0 aliphatic rings. The monoisotopic (exact) mass is 477 g/mol. The molecule has 0 saturated heterocycles. The van der Waals surface area contributed by atoms with Crippen LogP contribution in [-0.2, 0) is 25.6 Å². The van der Waals surface area contributed by atoms with E-state index in [2.05, 4.69) is 33.6 Å². The van der Waals surface area contributed by atoms with Crippen molar-refractivity contribution in [3.05, 3.63) is 36.0 Å². The fourth-order valence-electron chi connectivity index (χ4n) is 3.14. The van der Waals surface area contributed by atoms with Crippen LogP contribution in [0.2, 0.25) is 0 Å². The molecule has 2 rings (SSSR count). The number of aromatic nitrogens is 1. The van der Waals surface area contributed by atoms with Crippen LogP contribution in [-0.4, -0.2) is 63.7 Å². The Morgan fingerprint density at radius 2 is 1.61 bits per heavy atom. The molecular formula is C22H31N5O5S. The summed E-state index contributed by atoms with van der Waals surface area (Å²) in [6, 6.07) is 3.47. The molecule has 180 valence electrons. The van der Waals surface area contributed by atoms with Gasteiger partial charge in [0.25, 0.3) is 0 Å². The van der Waals surface area contributed by atoms with Crippen molar-refractivity contribution < 1.29 is 24.3 Å². The van der Waals surface area contributed by atoms with Crippen LogP contribution in [0.1, 0.15) is 26.3 Å². The molecule has 0 bridgehead atoms. The molecule has 2 aromatic rings. The minimum absolute atomic E-state index is 0.0663. The number of H-pyrrole nitrogens is 1. The topological polar surface area (TPSA) is 166 Å². The van der Waals surface area contributed by atoms with Gasteiger partial charge in [0, 0.05) is 29.3 Å². The van der Waals surface area contributed by atoms with Crippen LogP contribution in [0.3, 0.4) is 0 Å². The van der Waals surface area contributed by atoms with Crippen LogP contribution < -0.4 is 21.7 Å². The van der Waals surface area contributed by atoms with E-state index < -0.39 is 47.9 Å². The molecule has 33 heavy (non-hydrogen) atoms. The van der Waals surface area contributed by atoms with Gasteiger partial charge in [0.05, 0.1) is 6.04 Å². The Hall–Kier alpha value is -3.05. The summed E-state index contributed by atoms with van der Waals surface area (Å²) in [5, 5.41) is 17.4. The molecule has 1 aromatic heterocycles. The molecule has 4 unspecified atom stereocenters. The first-order valence-corrected chi connectivity index (χ1v) is 11.2. The van der Waals surface area contributed by atoms with Crippen LogP contribution in [0.5, 0.6) is 0 Å². The summed E-state index contributed by atoms with van der Waals surface area (Å²) in [6.07, 6.45) is 1.91. The Bertz CT molecular complexity index is 1010. The predicted molar refractivity (Wildman–Crippen MR) is 128 cm³/mol.